The number of hydrogen-bond donors (Lipinski definition) is 1. The first-order chi connectivity index (χ1) is 7.02. The van der Waals surface area contributed by atoms with E-state index in [1.807, 2.05) is 26.8 Å². The fraction of sp³-hybridized carbons (Fsp3) is 0.364. The quantitative estimate of drug-likeness (QED) is 0.561. The highest BCUT2D eigenvalue weighted by Gasteiger charge is 2.17. The van der Waals surface area contributed by atoms with Crippen LogP contribution in [0.25, 0.3) is 0 Å². The van der Waals surface area contributed by atoms with Crippen molar-refractivity contribution in [2.45, 2.75) is 20.8 Å². The summed E-state index contributed by atoms with van der Waals surface area (Å²) in [7, 11) is 1.31. The third kappa shape index (κ3) is 2.05. The Labute approximate surface area is 90.3 Å². The van der Waals surface area contributed by atoms with Gasteiger partial charge in [-0.1, -0.05) is 11.6 Å². The molecule has 0 aromatic heterocycles. The molecule has 0 aliphatic rings. The smallest absolute Gasteiger partial charge is 0.338 e. The minimum absolute atomic E-state index is 0.0536. The van der Waals surface area contributed by atoms with Crippen molar-refractivity contribution in [3.05, 3.63) is 28.3 Å². The highest BCUT2D eigenvalue weighted by atomic mass is 16.5. The second-order valence-corrected chi connectivity index (χ2v) is 3.64. The average molecular weight is 206 g/mol. The molecular formula is C11H15BO3. The molecule has 0 aliphatic heterocycles. The molecule has 0 radical (unpaired) electrons. The molecule has 80 valence electrons. The van der Waals surface area contributed by atoms with E-state index < -0.39 is 0 Å². The van der Waals surface area contributed by atoms with E-state index in [-0.39, 0.29) is 13.5 Å². The summed E-state index contributed by atoms with van der Waals surface area (Å²) in [5.74, 6) is -0.347. The maximum absolute atomic E-state index is 11.5. The van der Waals surface area contributed by atoms with E-state index in [4.69, 9.17) is 4.74 Å². The molecule has 0 amide bonds. The molecule has 1 aromatic rings. The summed E-state index contributed by atoms with van der Waals surface area (Å²) in [5.41, 5.74) is 4.06. The molecule has 1 N–H and O–H groups in total. The third-order valence-electron chi connectivity index (χ3n) is 2.68. The average Bonchev–Trinajstić information content (AvgIpc) is 2.17. The van der Waals surface area contributed by atoms with Crippen molar-refractivity contribution >= 4 is 18.9 Å². The number of esters is 1. The lowest BCUT2D eigenvalue weighted by molar-refractivity contribution is 0.0599. The summed E-state index contributed by atoms with van der Waals surface area (Å²) in [6.45, 7) is 5.62. The van der Waals surface area contributed by atoms with Crippen LogP contribution in [0.15, 0.2) is 6.07 Å². The molecule has 0 unspecified atom stereocenters. The summed E-state index contributed by atoms with van der Waals surface area (Å²) in [5, 5.41) is 9.22. The predicted octanol–water partition coefficient (Wildman–Crippen LogP) is 0.368. The standard InChI is InChI=1S/C11H15BO3/c1-6-5-7(2)10(12-14)8(3)9(6)11(13)15-4/h5,12,14H,1-4H3. The van der Waals surface area contributed by atoms with Crippen LogP contribution in [0.1, 0.15) is 27.0 Å². The lowest BCUT2D eigenvalue weighted by Gasteiger charge is -2.13. The number of methoxy groups -OCH3 is 1. The van der Waals surface area contributed by atoms with Gasteiger partial charge in [-0.25, -0.2) is 4.79 Å². The Balaban J connectivity index is 3.45. The first-order valence-corrected chi connectivity index (χ1v) is 4.81. The molecular weight excluding hydrogens is 191 g/mol. The first-order valence-electron chi connectivity index (χ1n) is 4.81. The first kappa shape index (κ1) is 11.8. The minimum atomic E-state index is -0.347. The van der Waals surface area contributed by atoms with E-state index in [0.29, 0.717) is 5.56 Å². The zero-order chi connectivity index (χ0) is 11.6. The van der Waals surface area contributed by atoms with E-state index in [2.05, 4.69) is 0 Å². The number of hydrogen-bond acceptors (Lipinski definition) is 3. The lowest BCUT2D eigenvalue weighted by Crippen LogP contribution is -2.25. The van der Waals surface area contributed by atoms with E-state index >= 15 is 0 Å². The normalized spacial score (nSPS) is 9.93. The van der Waals surface area contributed by atoms with Gasteiger partial charge < -0.3 is 9.76 Å². The fourth-order valence-electron chi connectivity index (χ4n) is 1.89. The molecule has 3 nitrogen and oxygen atoms in total. The van der Waals surface area contributed by atoms with Crippen molar-refractivity contribution in [2.24, 2.45) is 0 Å². The van der Waals surface area contributed by atoms with Crippen LogP contribution < -0.4 is 5.46 Å². The molecule has 0 aliphatic carbocycles. The zero-order valence-corrected chi connectivity index (χ0v) is 9.55. The molecule has 0 saturated heterocycles. The largest absolute Gasteiger partial charge is 0.465 e. The summed E-state index contributed by atoms with van der Waals surface area (Å²) >= 11 is 0. The summed E-state index contributed by atoms with van der Waals surface area (Å²) < 4.78 is 4.72. The van der Waals surface area contributed by atoms with Crippen LogP contribution in [-0.4, -0.2) is 25.6 Å². The zero-order valence-electron chi connectivity index (χ0n) is 9.55. The Morgan fingerprint density at radius 2 is 1.93 bits per heavy atom. The number of ether oxygens (including phenoxy) is 1. The van der Waals surface area contributed by atoms with Gasteiger partial charge in [-0.15, -0.1) is 0 Å². The van der Waals surface area contributed by atoms with Gasteiger partial charge in [-0.05, 0) is 37.4 Å². The summed E-state index contributed by atoms with van der Waals surface area (Å²) in [6.07, 6.45) is 0. The summed E-state index contributed by atoms with van der Waals surface area (Å²) in [4.78, 5) is 11.5. The van der Waals surface area contributed by atoms with Gasteiger partial charge in [0.15, 0.2) is 0 Å². The molecule has 0 fully saturated rings. The van der Waals surface area contributed by atoms with Gasteiger partial charge in [-0.2, -0.15) is 0 Å². The highest BCUT2D eigenvalue weighted by molar-refractivity contribution is 6.47. The third-order valence-corrected chi connectivity index (χ3v) is 2.68. The van der Waals surface area contributed by atoms with E-state index in [1.54, 1.807) is 0 Å². The topological polar surface area (TPSA) is 46.5 Å². The Morgan fingerprint density at radius 3 is 2.40 bits per heavy atom. The van der Waals surface area contributed by atoms with Crippen molar-refractivity contribution in [3.63, 3.8) is 0 Å². The van der Waals surface area contributed by atoms with Crippen molar-refractivity contribution in [2.75, 3.05) is 7.11 Å². The minimum Gasteiger partial charge on any atom is -0.465 e. The Kier molecular flexibility index (Phi) is 3.53. The SMILES string of the molecule is COC(=O)c1c(C)cc(C)c(BO)c1C. The van der Waals surface area contributed by atoms with Crippen LogP contribution in [0.4, 0.5) is 0 Å². The van der Waals surface area contributed by atoms with Gasteiger partial charge in [0.25, 0.3) is 0 Å². The van der Waals surface area contributed by atoms with Crippen LogP contribution in [0.5, 0.6) is 0 Å². The van der Waals surface area contributed by atoms with Crippen LogP contribution >= 0.6 is 0 Å². The molecule has 0 atom stereocenters. The van der Waals surface area contributed by atoms with Gasteiger partial charge in [-0.3, -0.25) is 0 Å². The number of rotatable bonds is 2. The van der Waals surface area contributed by atoms with Crippen LogP contribution in [0.2, 0.25) is 0 Å². The monoisotopic (exact) mass is 206 g/mol. The lowest BCUT2D eigenvalue weighted by atomic mass is 9.78. The Bertz CT molecular complexity index is 399. The molecule has 0 spiro atoms. The van der Waals surface area contributed by atoms with Gasteiger partial charge >= 0.3 is 13.5 Å². The second-order valence-electron chi connectivity index (χ2n) is 3.64. The van der Waals surface area contributed by atoms with Crippen molar-refractivity contribution < 1.29 is 14.6 Å². The number of carbonyl (C=O) groups excluding carboxylic acids is 1. The van der Waals surface area contributed by atoms with E-state index in [1.165, 1.54) is 7.11 Å². The predicted molar refractivity (Wildman–Crippen MR) is 61.0 cm³/mol. The van der Waals surface area contributed by atoms with Crippen molar-refractivity contribution in [1.29, 1.82) is 0 Å². The maximum atomic E-state index is 11.5. The molecule has 15 heavy (non-hydrogen) atoms. The number of benzene rings is 1. The van der Waals surface area contributed by atoms with Crippen molar-refractivity contribution in [3.8, 4) is 0 Å². The van der Waals surface area contributed by atoms with Gasteiger partial charge in [0.05, 0.1) is 12.7 Å². The number of aryl methyl sites for hydroxylation is 2. The second kappa shape index (κ2) is 4.49. The van der Waals surface area contributed by atoms with Crippen molar-refractivity contribution in [1.82, 2.24) is 0 Å². The van der Waals surface area contributed by atoms with Gasteiger partial charge in [0.2, 0.25) is 0 Å². The van der Waals surface area contributed by atoms with Crippen LogP contribution in [0.3, 0.4) is 0 Å². The summed E-state index contributed by atoms with van der Waals surface area (Å²) in [6, 6.07) is 1.89. The fourth-order valence-corrected chi connectivity index (χ4v) is 1.89. The van der Waals surface area contributed by atoms with E-state index in [0.717, 1.165) is 22.2 Å². The Hall–Kier alpha value is -1.29. The number of carbonyl (C=O) groups is 1. The van der Waals surface area contributed by atoms with Gasteiger partial charge in [0.1, 0.15) is 0 Å². The molecule has 0 saturated carbocycles. The maximum Gasteiger partial charge on any atom is 0.338 e. The Morgan fingerprint density at radius 1 is 1.33 bits per heavy atom. The molecule has 0 heterocycles. The van der Waals surface area contributed by atoms with Crippen LogP contribution in [-0.2, 0) is 4.74 Å². The molecule has 0 bridgehead atoms. The molecule has 4 heteroatoms. The highest BCUT2D eigenvalue weighted by Crippen LogP contribution is 2.15. The van der Waals surface area contributed by atoms with E-state index in [9.17, 15) is 9.82 Å². The van der Waals surface area contributed by atoms with Gasteiger partial charge in [0, 0.05) is 0 Å². The van der Waals surface area contributed by atoms with Crippen LogP contribution in [0, 0.1) is 20.8 Å². The molecule has 1 rings (SSSR count). The molecule has 1 aromatic carbocycles.